The minimum atomic E-state index is -1.62. The summed E-state index contributed by atoms with van der Waals surface area (Å²) in [6.07, 6.45) is 0. The van der Waals surface area contributed by atoms with Gasteiger partial charge in [0.2, 0.25) is 5.60 Å². The third kappa shape index (κ3) is 2.35. The topological polar surface area (TPSA) is 61.8 Å². The summed E-state index contributed by atoms with van der Waals surface area (Å²) in [7, 11) is 0. The number of rotatable bonds is 4. The van der Waals surface area contributed by atoms with Crippen LogP contribution >= 0.6 is 0 Å². The highest BCUT2D eigenvalue weighted by Crippen LogP contribution is 3.18. The Labute approximate surface area is 217 Å². The SMILES string of the molecule is CCOC(=O)[C@@]1(c2ccccc2)OC2(C(C)(C)C)C3(C(C)(C)C)C2(C(C)(C)C)C31C(=O)OC(C)(C)C. The van der Waals surface area contributed by atoms with Crippen LogP contribution in [0.25, 0.3) is 0 Å². The number of esters is 2. The van der Waals surface area contributed by atoms with Gasteiger partial charge in [0.25, 0.3) is 0 Å². The number of carbonyl (C=O) groups is 2. The Morgan fingerprint density at radius 1 is 0.750 bits per heavy atom. The van der Waals surface area contributed by atoms with Crippen molar-refractivity contribution in [2.45, 2.75) is 107 Å². The van der Waals surface area contributed by atoms with Crippen molar-refractivity contribution in [3.05, 3.63) is 35.9 Å². The highest BCUT2D eigenvalue weighted by atomic mass is 16.6. The van der Waals surface area contributed by atoms with Crippen molar-refractivity contribution in [1.82, 2.24) is 0 Å². The first-order valence-corrected chi connectivity index (χ1v) is 13.3. The maximum atomic E-state index is 14.8. The van der Waals surface area contributed by atoms with E-state index in [1.807, 2.05) is 51.1 Å². The summed E-state index contributed by atoms with van der Waals surface area (Å²) < 4.78 is 19.4. The third-order valence-corrected chi connectivity index (χ3v) is 9.21. The molecule has 5 nitrogen and oxygen atoms in total. The molecular formula is C31H46O5. The first-order valence-electron chi connectivity index (χ1n) is 13.3. The summed E-state index contributed by atoms with van der Waals surface area (Å²) in [4.78, 5) is 29.1. The molecule has 3 atom stereocenters. The number of benzene rings is 1. The van der Waals surface area contributed by atoms with Gasteiger partial charge in [0.1, 0.15) is 11.0 Å². The lowest BCUT2D eigenvalue weighted by Gasteiger charge is -2.46. The lowest BCUT2D eigenvalue weighted by Crippen LogP contribution is -2.57. The van der Waals surface area contributed by atoms with Gasteiger partial charge >= 0.3 is 11.9 Å². The molecule has 200 valence electrons. The van der Waals surface area contributed by atoms with Crippen molar-refractivity contribution in [2.24, 2.45) is 32.5 Å². The van der Waals surface area contributed by atoms with Gasteiger partial charge in [0.05, 0.1) is 12.2 Å². The van der Waals surface area contributed by atoms with E-state index in [-0.39, 0.29) is 28.8 Å². The van der Waals surface area contributed by atoms with E-state index in [9.17, 15) is 9.59 Å². The predicted octanol–water partition coefficient (Wildman–Crippen LogP) is 6.68. The molecule has 4 fully saturated rings. The molecule has 0 radical (unpaired) electrons. The molecule has 2 heterocycles. The number of hydrogen-bond acceptors (Lipinski definition) is 5. The summed E-state index contributed by atoms with van der Waals surface area (Å²) in [6.45, 7) is 27.2. The molecule has 5 heteroatoms. The smallest absolute Gasteiger partial charge is 0.344 e. The molecule has 0 aromatic heterocycles. The van der Waals surface area contributed by atoms with Gasteiger partial charge in [-0.25, -0.2) is 4.79 Å². The average Bonchev–Trinajstić information content (AvgIpc) is 3.42. The van der Waals surface area contributed by atoms with Crippen molar-refractivity contribution >= 4 is 11.9 Å². The van der Waals surface area contributed by atoms with Crippen LogP contribution in [-0.4, -0.2) is 29.7 Å². The van der Waals surface area contributed by atoms with E-state index in [4.69, 9.17) is 14.2 Å². The van der Waals surface area contributed by atoms with Crippen LogP contribution < -0.4 is 0 Å². The van der Waals surface area contributed by atoms with E-state index < -0.39 is 39.0 Å². The Hall–Kier alpha value is -1.88. The van der Waals surface area contributed by atoms with Crippen LogP contribution in [0, 0.1) is 32.5 Å². The summed E-state index contributed by atoms with van der Waals surface area (Å²) in [5, 5.41) is 0. The first kappa shape index (κ1) is 27.2. The summed E-state index contributed by atoms with van der Waals surface area (Å²) in [5.41, 5.74) is -6.14. The van der Waals surface area contributed by atoms with Gasteiger partial charge in [-0.2, -0.15) is 0 Å². The molecule has 0 N–H and O–H groups in total. The third-order valence-electron chi connectivity index (χ3n) is 9.21. The molecule has 2 aliphatic carbocycles. The van der Waals surface area contributed by atoms with E-state index in [0.29, 0.717) is 5.56 Å². The lowest BCUT2D eigenvalue weighted by molar-refractivity contribution is -0.190. The Morgan fingerprint density at radius 2 is 1.22 bits per heavy atom. The minimum absolute atomic E-state index is 0.189. The van der Waals surface area contributed by atoms with Gasteiger partial charge < -0.3 is 14.2 Å². The molecule has 36 heavy (non-hydrogen) atoms. The lowest BCUT2D eigenvalue weighted by atomic mass is 9.54. The van der Waals surface area contributed by atoms with Crippen molar-refractivity contribution in [1.29, 1.82) is 0 Å². The molecule has 2 saturated heterocycles. The monoisotopic (exact) mass is 498 g/mol. The van der Waals surface area contributed by atoms with Gasteiger partial charge in [-0.3, -0.25) is 4.79 Å². The van der Waals surface area contributed by atoms with Crippen molar-refractivity contribution in [2.75, 3.05) is 6.61 Å². The minimum Gasteiger partial charge on any atom is -0.464 e. The maximum absolute atomic E-state index is 14.8. The number of hydrogen-bond donors (Lipinski definition) is 0. The first-order chi connectivity index (χ1) is 16.2. The van der Waals surface area contributed by atoms with Crippen molar-refractivity contribution in [3.63, 3.8) is 0 Å². The van der Waals surface area contributed by atoms with Gasteiger partial charge in [0.15, 0.2) is 0 Å². The van der Waals surface area contributed by atoms with Crippen LogP contribution in [0.4, 0.5) is 0 Å². The summed E-state index contributed by atoms with van der Waals surface area (Å²) >= 11 is 0. The van der Waals surface area contributed by atoms with Crippen molar-refractivity contribution < 1.29 is 23.8 Å². The Kier molecular flexibility index (Phi) is 5.24. The molecule has 2 saturated carbocycles. The highest BCUT2D eigenvalue weighted by molar-refractivity contribution is 6.05. The fourth-order valence-electron chi connectivity index (χ4n) is 9.43. The Morgan fingerprint density at radius 3 is 1.58 bits per heavy atom. The van der Waals surface area contributed by atoms with E-state index >= 15 is 0 Å². The van der Waals surface area contributed by atoms with Gasteiger partial charge in [-0.05, 0) is 49.5 Å². The summed E-state index contributed by atoms with van der Waals surface area (Å²) in [6, 6.07) is 9.49. The molecule has 2 bridgehead atoms. The summed E-state index contributed by atoms with van der Waals surface area (Å²) in [5.74, 6) is -0.875. The van der Waals surface area contributed by atoms with Crippen molar-refractivity contribution in [3.8, 4) is 0 Å². The largest absolute Gasteiger partial charge is 0.464 e. The van der Waals surface area contributed by atoms with Crippen LogP contribution in [0.5, 0.6) is 0 Å². The van der Waals surface area contributed by atoms with E-state index in [2.05, 4.69) is 62.3 Å². The molecule has 0 spiro atoms. The molecule has 4 aliphatic rings. The molecule has 5 rings (SSSR count). The second-order valence-corrected chi connectivity index (χ2v) is 15.1. The molecule has 2 aliphatic heterocycles. The fourth-order valence-corrected chi connectivity index (χ4v) is 9.43. The fraction of sp³-hybridized carbons (Fsp3) is 0.742. The average molecular weight is 499 g/mol. The van der Waals surface area contributed by atoms with E-state index in [1.54, 1.807) is 6.92 Å². The molecular weight excluding hydrogens is 452 g/mol. The van der Waals surface area contributed by atoms with Crippen LogP contribution in [0.15, 0.2) is 30.3 Å². The standard InChI is InChI=1S/C31H46O5/c1-14-34-21(32)27(20-18-16-15-17-19-20)28(22(33)35-26(11,12)13)29(23(2,3)4)30(28,24(5,6)7)31(29,36-27)25(8,9)10/h15-19H,14H2,1-13H3/t27-,28?,29?,30?,31?/m1/s1. The molecule has 1 aromatic carbocycles. The van der Waals surface area contributed by atoms with Crippen LogP contribution in [-0.2, 0) is 29.4 Å². The zero-order valence-corrected chi connectivity index (χ0v) is 24.6. The quantitative estimate of drug-likeness (QED) is 0.433. The maximum Gasteiger partial charge on any atom is 0.344 e. The zero-order chi connectivity index (χ0) is 27.6. The van der Waals surface area contributed by atoms with Crippen LogP contribution in [0.2, 0.25) is 0 Å². The Bertz CT molecular complexity index is 1060. The second kappa shape index (κ2) is 6.95. The molecule has 2 unspecified atom stereocenters. The number of carbonyl (C=O) groups excluding carboxylic acids is 2. The predicted molar refractivity (Wildman–Crippen MR) is 140 cm³/mol. The molecule has 1 aromatic rings. The van der Waals surface area contributed by atoms with Gasteiger partial charge in [0, 0.05) is 10.8 Å². The highest BCUT2D eigenvalue weighted by Gasteiger charge is 3.28. The second-order valence-electron chi connectivity index (χ2n) is 15.1. The van der Waals surface area contributed by atoms with Gasteiger partial charge in [-0.1, -0.05) is 92.6 Å². The molecule has 0 amide bonds. The van der Waals surface area contributed by atoms with E-state index in [0.717, 1.165) is 0 Å². The number of fused-ring (bicyclic) bond motifs is 1. The number of ether oxygens (including phenoxy) is 3. The van der Waals surface area contributed by atoms with Gasteiger partial charge in [-0.15, -0.1) is 0 Å². The van der Waals surface area contributed by atoms with Crippen LogP contribution in [0.1, 0.15) is 95.6 Å². The zero-order valence-electron chi connectivity index (χ0n) is 24.6. The van der Waals surface area contributed by atoms with Crippen LogP contribution in [0.3, 0.4) is 0 Å². The Balaban J connectivity index is 2.22. The van der Waals surface area contributed by atoms with E-state index in [1.165, 1.54) is 0 Å². The normalized spacial score (nSPS) is 37.2.